The Morgan fingerprint density at radius 3 is 2.86 bits per heavy atom. The van der Waals surface area contributed by atoms with Crippen molar-refractivity contribution in [1.29, 1.82) is 0 Å². The summed E-state index contributed by atoms with van der Waals surface area (Å²) in [6.07, 6.45) is 7.16. The van der Waals surface area contributed by atoms with Gasteiger partial charge in [0.05, 0.1) is 6.04 Å². The van der Waals surface area contributed by atoms with E-state index in [2.05, 4.69) is 40.9 Å². The quantitative estimate of drug-likeness (QED) is 0.914. The van der Waals surface area contributed by atoms with Crippen LogP contribution in [0.25, 0.3) is 0 Å². The van der Waals surface area contributed by atoms with E-state index in [1.165, 1.54) is 37.7 Å². The second kappa shape index (κ2) is 6.49. The maximum absolute atomic E-state index is 12.8. The Morgan fingerprint density at radius 2 is 2.19 bits per heavy atom. The van der Waals surface area contributed by atoms with Gasteiger partial charge in [0.25, 0.3) is 0 Å². The molecule has 21 heavy (non-hydrogen) atoms. The molecule has 1 aliphatic carbocycles. The minimum Gasteiger partial charge on any atom is -0.319 e. The molecule has 3 rings (SSSR count). The van der Waals surface area contributed by atoms with Crippen molar-refractivity contribution in [1.82, 2.24) is 10.2 Å². The third-order valence-corrected chi connectivity index (χ3v) is 5.88. The zero-order chi connectivity index (χ0) is 14.8. The first-order valence-electron chi connectivity index (χ1n) is 8.34. The first-order chi connectivity index (χ1) is 10.2. The molecule has 0 radical (unpaired) electrons. The zero-order valence-electron chi connectivity index (χ0n) is 13.0. The van der Waals surface area contributed by atoms with Crippen LogP contribution in [0, 0.1) is 5.92 Å². The predicted octanol–water partition coefficient (Wildman–Crippen LogP) is 3.93. The van der Waals surface area contributed by atoms with Crippen molar-refractivity contribution in [3.63, 3.8) is 0 Å². The van der Waals surface area contributed by atoms with Crippen molar-refractivity contribution in [2.24, 2.45) is 5.92 Å². The highest BCUT2D eigenvalue weighted by Crippen LogP contribution is 2.37. The molecule has 0 spiro atoms. The molecule has 4 unspecified atom stereocenters. The predicted molar refractivity (Wildman–Crippen MR) is 87.2 cm³/mol. The topological polar surface area (TPSA) is 32.3 Å². The zero-order valence-corrected chi connectivity index (χ0v) is 13.9. The van der Waals surface area contributed by atoms with E-state index in [1.54, 1.807) is 11.3 Å². The van der Waals surface area contributed by atoms with E-state index in [0.29, 0.717) is 11.9 Å². The van der Waals surface area contributed by atoms with E-state index in [9.17, 15) is 4.79 Å². The average molecular weight is 306 g/mol. The molecule has 116 valence electrons. The van der Waals surface area contributed by atoms with Crippen molar-refractivity contribution in [3.8, 4) is 0 Å². The van der Waals surface area contributed by atoms with Gasteiger partial charge in [0, 0.05) is 6.04 Å². The van der Waals surface area contributed by atoms with Gasteiger partial charge in [-0.25, -0.2) is 0 Å². The van der Waals surface area contributed by atoms with E-state index in [1.807, 2.05) is 0 Å². The molecule has 1 aromatic heterocycles. The summed E-state index contributed by atoms with van der Waals surface area (Å²) in [6.45, 7) is 4.38. The maximum atomic E-state index is 12.8. The molecule has 4 atom stereocenters. The van der Waals surface area contributed by atoms with E-state index < -0.39 is 0 Å². The lowest BCUT2D eigenvalue weighted by Crippen LogP contribution is -2.42. The van der Waals surface area contributed by atoms with Crippen LogP contribution >= 0.6 is 11.3 Å². The second-order valence-electron chi connectivity index (χ2n) is 6.43. The Labute approximate surface area is 131 Å². The van der Waals surface area contributed by atoms with Gasteiger partial charge < -0.3 is 4.90 Å². The number of carbonyl (C=O) groups excluding carboxylic acids is 1. The van der Waals surface area contributed by atoms with Gasteiger partial charge in [-0.1, -0.05) is 33.1 Å². The summed E-state index contributed by atoms with van der Waals surface area (Å²) < 4.78 is 0. The highest BCUT2D eigenvalue weighted by molar-refractivity contribution is 7.07. The Balaban J connectivity index is 1.83. The lowest BCUT2D eigenvalue weighted by atomic mass is 9.83. The number of nitrogens with one attached hydrogen (secondary N) is 1. The number of rotatable bonds is 4. The van der Waals surface area contributed by atoms with Crippen LogP contribution in [0.15, 0.2) is 16.8 Å². The summed E-state index contributed by atoms with van der Waals surface area (Å²) in [4.78, 5) is 15.0. The molecule has 1 saturated heterocycles. The molecule has 1 saturated carbocycles. The van der Waals surface area contributed by atoms with E-state index in [-0.39, 0.29) is 12.2 Å². The van der Waals surface area contributed by atoms with Gasteiger partial charge in [0.15, 0.2) is 0 Å². The molecule has 2 heterocycles. The minimum absolute atomic E-state index is 0.00287. The van der Waals surface area contributed by atoms with Crippen LogP contribution in [0.5, 0.6) is 0 Å². The van der Waals surface area contributed by atoms with E-state index in [0.717, 1.165) is 12.3 Å². The van der Waals surface area contributed by atoms with Crippen LogP contribution in [-0.4, -0.2) is 22.9 Å². The molecule has 0 aromatic carbocycles. The van der Waals surface area contributed by atoms with Crippen LogP contribution < -0.4 is 5.32 Å². The van der Waals surface area contributed by atoms with Crippen LogP contribution in [0.3, 0.4) is 0 Å². The van der Waals surface area contributed by atoms with Gasteiger partial charge in [-0.15, -0.1) is 0 Å². The molecular formula is C17H26N2OS. The molecule has 1 aromatic rings. The number of nitrogens with zero attached hydrogens (tertiary/aromatic N) is 1. The lowest BCUT2D eigenvalue weighted by Gasteiger charge is -2.38. The average Bonchev–Trinajstić information content (AvgIpc) is 3.14. The van der Waals surface area contributed by atoms with Gasteiger partial charge >= 0.3 is 0 Å². The first-order valence-corrected chi connectivity index (χ1v) is 9.29. The Kier molecular flexibility index (Phi) is 4.65. The summed E-state index contributed by atoms with van der Waals surface area (Å²) in [5, 5.41) is 7.84. The number of carbonyl (C=O) groups is 1. The highest BCUT2D eigenvalue weighted by Gasteiger charge is 2.43. The largest absolute Gasteiger partial charge is 0.319 e. The molecule has 3 nitrogen and oxygen atoms in total. The normalized spacial score (nSPS) is 33.6. The van der Waals surface area contributed by atoms with Gasteiger partial charge in [-0.3, -0.25) is 10.1 Å². The summed E-state index contributed by atoms with van der Waals surface area (Å²) in [5.74, 6) is 1.11. The molecule has 2 fully saturated rings. The smallest absolute Gasteiger partial charge is 0.241 e. The van der Waals surface area contributed by atoms with E-state index >= 15 is 0 Å². The standard InChI is InChI=1S/C17H26N2OS/c1-3-12-6-5-7-14(10-12)19-16(13-8-9-21-11-13)18-15(4-2)17(19)20/h8-9,11-12,14-16,18H,3-7,10H2,1-2H3. The van der Waals surface area contributed by atoms with Crippen molar-refractivity contribution < 1.29 is 4.79 Å². The summed E-state index contributed by atoms with van der Waals surface area (Å²) in [5.41, 5.74) is 1.25. The van der Waals surface area contributed by atoms with Crippen molar-refractivity contribution >= 4 is 17.2 Å². The molecule has 1 aliphatic heterocycles. The fraction of sp³-hybridized carbons (Fsp3) is 0.706. The highest BCUT2D eigenvalue weighted by atomic mass is 32.1. The second-order valence-corrected chi connectivity index (χ2v) is 7.21. The van der Waals surface area contributed by atoms with Gasteiger partial charge in [0.2, 0.25) is 5.91 Å². The van der Waals surface area contributed by atoms with Crippen LogP contribution in [0.2, 0.25) is 0 Å². The Hall–Kier alpha value is -0.870. The fourth-order valence-corrected chi connectivity index (χ4v) is 4.58. The number of thiophene rings is 1. The number of hydrogen-bond donors (Lipinski definition) is 1. The molecule has 1 amide bonds. The molecule has 0 bridgehead atoms. The summed E-state index contributed by atoms with van der Waals surface area (Å²) >= 11 is 1.71. The molecule has 1 N–H and O–H groups in total. The number of hydrogen-bond acceptors (Lipinski definition) is 3. The molecular weight excluding hydrogens is 280 g/mol. The molecule has 4 heteroatoms. The van der Waals surface area contributed by atoms with Crippen molar-refractivity contribution in [2.45, 2.75) is 70.6 Å². The Morgan fingerprint density at radius 1 is 1.33 bits per heavy atom. The van der Waals surface area contributed by atoms with Crippen molar-refractivity contribution in [2.75, 3.05) is 0 Å². The lowest BCUT2D eigenvalue weighted by molar-refractivity contribution is -0.133. The molecule has 2 aliphatic rings. The van der Waals surface area contributed by atoms with Crippen LogP contribution in [-0.2, 0) is 4.79 Å². The maximum Gasteiger partial charge on any atom is 0.241 e. The minimum atomic E-state index is -0.00287. The van der Waals surface area contributed by atoms with Gasteiger partial charge in [0.1, 0.15) is 6.17 Å². The fourth-order valence-electron chi connectivity index (χ4n) is 3.91. The summed E-state index contributed by atoms with van der Waals surface area (Å²) in [7, 11) is 0. The van der Waals surface area contributed by atoms with Gasteiger partial charge in [-0.2, -0.15) is 11.3 Å². The first kappa shape index (κ1) is 15.0. The third-order valence-electron chi connectivity index (χ3n) is 5.18. The van der Waals surface area contributed by atoms with E-state index in [4.69, 9.17) is 0 Å². The SMILES string of the molecule is CCC1CCCC(N2C(=O)C(CC)NC2c2ccsc2)C1. The number of amides is 1. The monoisotopic (exact) mass is 306 g/mol. The van der Waals surface area contributed by atoms with Crippen LogP contribution in [0.4, 0.5) is 0 Å². The van der Waals surface area contributed by atoms with Crippen LogP contribution in [0.1, 0.15) is 64.1 Å². The Bertz CT molecular complexity index is 473. The summed E-state index contributed by atoms with van der Waals surface area (Å²) in [6, 6.07) is 2.57. The van der Waals surface area contributed by atoms with Gasteiger partial charge in [-0.05, 0) is 47.6 Å². The van der Waals surface area contributed by atoms with Crippen molar-refractivity contribution in [3.05, 3.63) is 22.4 Å². The third kappa shape index (κ3) is 2.88.